The molecule has 7 nitrogen and oxygen atoms in total. The molecule has 1 aromatic heterocycles. The van der Waals surface area contributed by atoms with Crippen LogP contribution in [0.1, 0.15) is 21.6 Å². The standard InChI is InChI=1S/C25H20BrClN4O3/c1-14-4-3-5-18(10-14)28-23(32)22-12-16-11-17(26)7-9-21(16)31(22)30-25(34)24(33)29-19-8-6-15(2)20(27)13-19/h3-13H,1-2H3,(H,28,32)(H,29,33)(H,30,34). The van der Waals surface area contributed by atoms with Gasteiger partial charge in [0.1, 0.15) is 5.69 Å². The maximum absolute atomic E-state index is 13.1. The zero-order chi connectivity index (χ0) is 24.4. The number of anilines is 2. The normalized spacial score (nSPS) is 10.7. The predicted octanol–water partition coefficient (Wildman–Crippen LogP) is 5.64. The van der Waals surface area contributed by atoms with Crippen molar-refractivity contribution in [3.8, 4) is 0 Å². The molecule has 9 heteroatoms. The van der Waals surface area contributed by atoms with Crippen LogP contribution in [-0.4, -0.2) is 22.4 Å². The molecule has 0 aliphatic rings. The van der Waals surface area contributed by atoms with E-state index in [4.69, 9.17) is 11.6 Å². The summed E-state index contributed by atoms with van der Waals surface area (Å²) in [6.45, 7) is 3.75. The summed E-state index contributed by atoms with van der Waals surface area (Å²) in [4.78, 5) is 38.4. The molecule has 3 aromatic carbocycles. The molecule has 4 aromatic rings. The van der Waals surface area contributed by atoms with Crippen molar-refractivity contribution in [2.75, 3.05) is 16.1 Å². The lowest BCUT2D eigenvalue weighted by Gasteiger charge is -2.13. The van der Waals surface area contributed by atoms with Crippen molar-refractivity contribution in [1.29, 1.82) is 0 Å². The number of hydrogen-bond acceptors (Lipinski definition) is 3. The molecule has 0 aliphatic heterocycles. The Hall–Kier alpha value is -3.62. The molecule has 0 saturated carbocycles. The lowest BCUT2D eigenvalue weighted by atomic mass is 10.2. The van der Waals surface area contributed by atoms with Crippen LogP contribution in [0.3, 0.4) is 0 Å². The van der Waals surface area contributed by atoms with Crippen LogP contribution < -0.4 is 16.1 Å². The molecule has 34 heavy (non-hydrogen) atoms. The minimum atomic E-state index is -0.943. The lowest BCUT2D eigenvalue weighted by molar-refractivity contribution is -0.133. The van der Waals surface area contributed by atoms with E-state index in [0.29, 0.717) is 27.3 Å². The number of carbonyl (C=O) groups is 3. The molecule has 0 spiro atoms. The largest absolute Gasteiger partial charge is 0.328 e. The summed E-state index contributed by atoms with van der Waals surface area (Å²) in [5.41, 5.74) is 6.08. The molecule has 4 rings (SSSR count). The first-order chi connectivity index (χ1) is 16.2. The molecule has 1 heterocycles. The third kappa shape index (κ3) is 5.13. The summed E-state index contributed by atoms with van der Waals surface area (Å²) in [6, 6.07) is 19.3. The molecular formula is C25H20BrClN4O3. The number of aromatic nitrogens is 1. The van der Waals surface area contributed by atoms with E-state index in [-0.39, 0.29) is 5.69 Å². The zero-order valence-electron chi connectivity index (χ0n) is 18.3. The number of nitrogens with one attached hydrogen (secondary N) is 3. The summed E-state index contributed by atoms with van der Waals surface area (Å²) in [6.07, 6.45) is 0. The van der Waals surface area contributed by atoms with Crippen LogP contribution in [0.2, 0.25) is 5.02 Å². The first kappa shape index (κ1) is 23.5. The van der Waals surface area contributed by atoms with Crippen LogP contribution in [0.25, 0.3) is 10.9 Å². The number of amides is 3. The SMILES string of the molecule is Cc1cccc(NC(=O)c2cc3cc(Br)ccc3n2NC(=O)C(=O)Nc2ccc(C)c(Cl)c2)c1. The van der Waals surface area contributed by atoms with Gasteiger partial charge in [0.2, 0.25) is 0 Å². The Kier molecular flexibility index (Phi) is 6.72. The van der Waals surface area contributed by atoms with Gasteiger partial charge in [-0.2, -0.15) is 0 Å². The highest BCUT2D eigenvalue weighted by Crippen LogP contribution is 2.24. The van der Waals surface area contributed by atoms with Crippen LogP contribution in [0, 0.1) is 13.8 Å². The molecule has 0 radical (unpaired) electrons. The fraction of sp³-hybridized carbons (Fsp3) is 0.0800. The molecule has 0 atom stereocenters. The first-order valence-electron chi connectivity index (χ1n) is 10.3. The van der Waals surface area contributed by atoms with Crippen molar-refractivity contribution in [3.63, 3.8) is 0 Å². The third-order valence-electron chi connectivity index (χ3n) is 5.12. The number of aryl methyl sites for hydroxylation is 2. The zero-order valence-corrected chi connectivity index (χ0v) is 20.6. The van der Waals surface area contributed by atoms with Gasteiger partial charge in [-0.25, -0.2) is 4.68 Å². The van der Waals surface area contributed by atoms with E-state index >= 15 is 0 Å². The van der Waals surface area contributed by atoms with Crippen molar-refractivity contribution in [2.24, 2.45) is 0 Å². The van der Waals surface area contributed by atoms with Crippen molar-refractivity contribution >= 4 is 67.5 Å². The number of carbonyl (C=O) groups excluding carboxylic acids is 3. The molecule has 3 N–H and O–H groups in total. The molecule has 3 amide bonds. The minimum absolute atomic E-state index is 0.161. The van der Waals surface area contributed by atoms with E-state index < -0.39 is 17.7 Å². The Morgan fingerprint density at radius 1 is 0.853 bits per heavy atom. The van der Waals surface area contributed by atoms with E-state index in [1.165, 1.54) is 4.68 Å². The van der Waals surface area contributed by atoms with Gasteiger partial charge in [-0.3, -0.25) is 19.8 Å². The van der Waals surface area contributed by atoms with Gasteiger partial charge < -0.3 is 10.6 Å². The number of nitrogens with zero attached hydrogens (tertiary/aromatic N) is 1. The molecular weight excluding hydrogens is 520 g/mol. The third-order valence-corrected chi connectivity index (χ3v) is 6.02. The van der Waals surface area contributed by atoms with Crippen LogP contribution >= 0.6 is 27.5 Å². The lowest BCUT2D eigenvalue weighted by Crippen LogP contribution is -2.36. The van der Waals surface area contributed by atoms with Crippen molar-refractivity contribution < 1.29 is 14.4 Å². The fourth-order valence-electron chi connectivity index (χ4n) is 3.40. The smallest absolute Gasteiger partial charge is 0.321 e. The van der Waals surface area contributed by atoms with E-state index in [9.17, 15) is 14.4 Å². The van der Waals surface area contributed by atoms with Crippen molar-refractivity contribution in [2.45, 2.75) is 13.8 Å². The first-order valence-corrected chi connectivity index (χ1v) is 11.5. The summed E-state index contributed by atoms with van der Waals surface area (Å²) in [5.74, 6) is -2.28. The average Bonchev–Trinajstić information content (AvgIpc) is 3.13. The Bertz CT molecular complexity index is 1450. The maximum atomic E-state index is 13.1. The van der Waals surface area contributed by atoms with E-state index in [0.717, 1.165) is 15.6 Å². The Morgan fingerprint density at radius 2 is 1.62 bits per heavy atom. The van der Waals surface area contributed by atoms with E-state index in [1.807, 2.05) is 38.1 Å². The van der Waals surface area contributed by atoms with Crippen LogP contribution in [-0.2, 0) is 9.59 Å². The van der Waals surface area contributed by atoms with Crippen LogP contribution in [0.15, 0.2) is 71.2 Å². The number of halogens is 2. The molecule has 0 saturated heterocycles. The van der Waals surface area contributed by atoms with Gasteiger partial charge in [0, 0.05) is 26.3 Å². The molecule has 0 bridgehead atoms. The number of benzene rings is 3. The van der Waals surface area contributed by atoms with Gasteiger partial charge in [0.05, 0.1) is 5.52 Å². The van der Waals surface area contributed by atoms with Crippen LogP contribution in [0.5, 0.6) is 0 Å². The van der Waals surface area contributed by atoms with Gasteiger partial charge in [0.25, 0.3) is 5.91 Å². The molecule has 0 unspecified atom stereocenters. The second kappa shape index (κ2) is 9.70. The summed E-state index contributed by atoms with van der Waals surface area (Å²) < 4.78 is 2.11. The Balaban J connectivity index is 1.62. The number of hydrogen-bond donors (Lipinski definition) is 3. The van der Waals surface area contributed by atoms with Gasteiger partial charge in [-0.1, -0.05) is 45.7 Å². The topological polar surface area (TPSA) is 92.2 Å². The van der Waals surface area contributed by atoms with E-state index in [2.05, 4.69) is 32.0 Å². The monoisotopic (exact) mass is 538 g/mol. The summed E-state index contributed by atoms with van der Waals surface area (Å²) in [5, 5.41) is 6.52. The van der Waals surface area contributed by atoms with E-state index in [1.54, 1.807) is 42.5 Å². The van der Waals surface area contributed by atoms with Gasteiger partial charge in [-0.15, -0.1) is 0 Å². The summed E-state index contributed by atoms with van der Waals surface area (Å²) >= 11 is 9.51. The fourth-order valence-corrected chi connectivity index (χ4v) is 3.96. The summed E-state index contributed by atoms with van der Waals surface area (Å²) in [7, 11) is 0. The highest BCUT2D eigenvalue weighted by molar-refractivity contribution is 9.10. The highest BCUT2D eigenvalue weighted by Gasteiger charge is 2.21. The highest BCUT2D eigenvalue weighted by atomic mass is 79.9. The van der Waals surface area contributed by atoms with Crippen molar-refractivity contribution in [1.82, 2.24) is 4.68 Å². The molecule has 172 valence electrons. The second-order valence-corrected chi connectivity index (χ2v) is 9.07. The molecule has 0 fully saturated rings. The predicted molar refractivity (Wildman–Crippen MR) is 138 cm³/mol. The Morgan fingerprint density at radius 3 is 2.35 bits per heavy atom. The van der Waals surface area contributed by atoms with Gasteiger partial charge >= 0.3 is 11.8 Å². The van der Waals surface area contributed by atoms with Crippen molar-refractivity contribution in [3.05, 3.63) is 93.0 Å². The van der Waals surface area contributed by atoms with Gasteiger partial charge in [0.15, 0.2) is 0 Å². The second-order valence-electron chi connectivity index (χ2n) is 7.75. The quantitative estimate of drug-likeness (QED) is 0.293. The average molecular weight is 540 g/mol. The minimum Gasteiger partial charge on any atom is -0.321 e. The number of fused-ring (bicyclic) bond motifs is 1. The molecule has 0 aliphatic carbocycles. The Labute approximate surface area is 209 Å². The van der Waals surface area contributed by atoms with Gasteiger partial charge in [-0.05, 0) is 73.5 Å². The maximum Gasteiger partial charge on any atom is 0.328 e. The number of rotatable bonds is 4. The van der Waals surface area contributed by atoms with Crippen LogP contribution in [0.4, 0.5) is 11.4 Å².